The number of ether oxygens (including phenoxy) is 1. The van der Waals surface area contributed by atoms with Gasteiger partial charge in [0.1, 0.15) is 11.6 Å². The fourth-order valence-corrected chi connectivity index (χ4v) is 5.40. The molecule has 0 aliphatic carbocycles. The van der Waals surface area contributed by atoms with Crippen LogP contribution < -0.4 is 4.74 Å². The minimum Gasteiger partial charge on any atom is -0.497 e. The Hall–Kier alpha value is -2.70. The molecule has 0 radical (unpaired) electrons. The van der Waals surface area contributed by atoms with Gasteiger partial charge in [0.15, 0.2) is 0 Å². The molecule has 1 fully saturated rings. The maximum Gasteiger partial charge on any atom is 0.254 e. The smallest absolute Gasteiger partial charge is 0.254 e. The van der Waals surface area contributed by atoms with Gasteiger partial charge in [0.2, 0.25) is 0 Å². The van der Waals surface area contributed by atoms with E-state index in [9.17, 15) is 9.18 Å². The predicted molar refractivity (Wildman–Crippen MR) is 131 cm³/mol. The van der Waals surface area contributed by atoms with Crippen LogP contribution in [0.3, 0.4) is 0 Å². The zero-order valence-corrected chi connectivity index (χ0v) is 20.1. The molecule has 1 aliphatic rings. The molecule has 1 aliphatic heterocycles. The van der Waals surface area contributed by atoms with E-state index in [1.165, 1.54) is 23.0 Å². The zero-order valence-electron chi connectivity index (χ0n) is 19.2. The van der Waals surface area contributed by atoms with Crippen molar-refractivity contribution in [2.45, 2.75) is 31.8 Å². The molecule has 174 valence electrons. The van der Waals surface area contributed by atoms with Crippen LogP contribution in [-0.4, -0.2) is 49.0 Å². The van der Waals surface area contributed by atoms with Gasteiger partial charge in [0.05, 0.1) is 12.7 Å². The van der Waals surface area contributed by atoms with E-state index in [4.69, 9.17) is 4.74 Å². The summed E-state index contributed by atoms with van der Waals surface area (Å²) < 4.78 is 19.9. The second-order valence-electron chi connectivity index (χ2n) is 8.76. The Kier molecular flexibility index (Phi) is 7.78. The first-order chi connectivity index (χ1) is 16.0. The van der Waals surface area contributed by atoms with E-state index < -0.39 is 0 Å². The summed E-state index contributed by atoms with van der Waals surface area (Å²) in [5.74, 6) is 1.00. The van der Waals surface area contributed by atoms with Crippen LogP contribution in [0.1, 0.15) is 34.3 Å². The van der Waals surface area contributed by atoms with Crippen molar-refractivity contribution >= 4 is 17.2 Å². The number of hydrogen-bond acceptors (Lipinski definition) is 4. The lowest BCUT2D eigenvalue weighted by atomic mass is 9.84. The Bertz CT molecular complexity index is 1050. The highest BCUT2D eigenvalue weighted by Crippen LogP contribution is 2.29. The Balaban J connectivity index is 1.46. The SMILES string of the molecule is COc1cccc(CN2CCC(C(Cc3ccccc3F)N(C)C(=O)c3ccsc3)CC2)c1. The number of rotatable bonds is 8. The van der Waals surface area contributed by atoms with Crippen LogP contribution in [0.2, 0.25) is 0 Å². The molecule has 4 rings (SSSR count). The van der Waals surface area contributed by atoms with Gasteiger partial charge in [-0.2, -0.15) is 11.3 Å². The molecule has 4 nitrogen and oxygen atoms in total. The molecule has 1 aromatic heterocycles. The van der Waals surface area contributed by atoms with Gasteiger partial charge in [0, 0.05) is 25.0 Å². The number of piperidine rings is 1. The summed E-state index contributed by atoms with van der Waals surface area (Å²) in [6, 6.07) is 16.9. The minimum absolute atomic E-state index is 0.0106. The molecule has 0 N–H and O–H groups in total. The number of nitrogens with zero attached hydrogens (tertiary/aromatic N) is 2. The summed E-state index contributed by atoms with van der Waals surface area (Å²) >= 11 is 1.52. The molecule has 2 heterocycles. The molecule has 0 spiro atoms. The molecule has 1 unspecified atom stereocenters. The van der Waals surface area contributed by atoms with Crippen LogP contribution in [0.4, 0.5) is 4.39 Å². The maximum absolute atomic E-state index is 14.5. The van der Waals surface area contributed by atoms with Gasteiger partial charge in [-0.1, -0.05) is 30.3 Å². The van der Waals surface area contributed by atoms with Gasteiger partial charge >= 0.3 is 0 Å². The second-order valence-corrected chi connectivity index (χ2v) is 9.54. The molecule has 3 aromatic rings. The summed E-state index contributed by atoms with van der Waals surface area (Å²) in [5.41, 5.74) is 2.61. The van der Waals surface area contributed by atoms with Gasteiger partial charge in [-0.05, 0) is 79.0 Å². The summed E-state index contributed by atoms with van der Waals surface area (Å²) in [5, 5.41) is 3.81. The molecular formula is C27H31FN2O2S. The van der Waals surface area contributed by atoms with Crippen molar-refractivity contribution in [3.05, 3.63) is 87.9 Å². The number of hydrogen-bond donors (Lipinski definition) is 0. The lowest BCUT2D eigenvalue weighted by molar-refractivity contribution is 0.0584. The Morgan fingerprint density at radius 1 is 1.18 bits per heavy atom. The van der Waals surface area contributed by atoms with E-state index in [2.05, 4.69) is 17.0 Å². The van der Waals surface area contributed by atoms with E-state index in [-0.39, 0.29) is 17.8 Å². The van der Waals surface area contributed by atoms with Crippen LogP contribution in [0.25, 0.3) is 0 Å². The number of likely N-dealkylation sites (tertiary alicyclic amines) is 1. The highest BCUT2D eigenvalue weighted by atomic mass is 32.1. The zero-order chi connectivity index (χ0) is 23.2. The average molecular weight is 467 g/mol. The Labute approximate surface area is 199 Å². The topological polar surface area (TPSA) is 32.8 Å². The van der Waals surface area contributed by atoms with Crippen LogP contribution in [0.5, 0.6) is 5.75 Å². The number of halogens is 1. The number of likely N-dealkylation sites (N-methyl/N-ethyl adjacent to an activating group) is 1. The summed E-state index contributed by atoms with van der Waals surface area (Å²) in [6.45, 7) is 2.79. The van der Waals surface area contributed by atoms with E-state index >= 15 is 0 Å². The van der Waals surface area contributed by atoms with E-state index in [1.54, 1.807) is 13.2 Å². The fourth-order valence-electron chi connectivity index (χ4n) is 4.77. The number of benzene rings is 2. The summed E-state index contributed by atoms with van der Waals surface area (Å²) in [7, 11) is 3.56. The Morgan fingerprint density at radius 2 is 1.97 bits per heavy atom. The van der Waals surface area contributed by atoms with E-state index in [0.717, 1.165) is 38.2 Å². The maximum atomic E-state index is 14.5. The molecule has 1 amide bonds. The highest BCUT2D eigenvalue weighted by molar-refractivity contribution is 7.08. The van der Waals surface area contributed by atoms with Crippen molar-refractivity contribution in [2.75, 3.05) is 27.2 Å². The second kappa shape index (κ2) is 10.9. The van der Waals surface area contributed by atoms with Gasteiger partial charge in [-0.15, -0.1) is 0 Å². The van der Waals surface area contributed by atoms with Crippen molar-refractivity contribution in [1.29, 1.82) is 0 Å². The van der Waals surface area contributed by atoms with E-state index in [1.807, 2.05) is 53.0 Å². The number of carbonyl (C=O) groups excluding carboxylic acids is 1. The number of amides is 1. The van der Waals surface area contributed by atoms with Crippen molar-refractivity contribution in [1.82, 2.24) is 9.80 Å². The third-order valence-corrected chi connectivity index (χ3v) is 7.37. The van der Waals surface area contributed by atoms with Crippen molar-refractivity contribution in [3.63, 3.8) is 0 Å². The summed E-state index contributed by atoms with van der Waals surface area (Å²) in [4.78, 5) is 17.4. The molecule has 33 heavy (non-hydrogen) atoms. The monoisotopic (exact) mass is 466 g/mol. The number of thiophene rings is 1. The van der Waals surface area contributed by atoms with Crippen molar-refractivity contribution in [3.8, 4) is 5.75 Å². The molecule has 1 atom stereocenters. The van der Waals surface area contributed by atoms with Crippen LogP contribution >= 0.6 is 11.3 Å². The van der Waals surface area contributed by atoms with Gasteiger partial charge in [0.25, 0.3) is 5.91 Å². The average Bonchev–Trinajstić information content (AvgIpc) is 3.38. The standard InChI is InChI=1S/C27H31FN2O2S/c1-29(27(31)23-12-15-33-19-23)26(17-22-7-3-4-9-25(22)28)21-10-13-30(14-11-21)18-20-6-5-8-24(16-20)32-2/h3-9,12,15-16,19,21,26H,10-11,13-14,17-18H2,1-2H3. The lowest BCUT2D eigenvalue weighted by Crippen LogP contribution is -2.47. The minimum atomic E-state index is -0.200. The predicted octanol–water partition coefficient (Wildman–Crippen LogP) is 5.49. The first-order valence-electron chi connectivity index (χ1n) is 11.4. The largest absolute Gasteiger partial charge is 0.497 e. The van der Waals surface area contributed by atoms with Gasteiger partial charge < -0.3 is 9.64 Å². The third-order valence-electron chi connectivity index (χ3n) is 6.69. The fraction of sp³-hybridized carbons (Fsp3) is 0.370. The normalized spacial score (nSPS) is 15.8. The molecule has 0 saturated carbocycles. The molecule has 6 heteroatoms. The van der Waals surface area contributed by atoms with Crippen molar-refractivity contribution in [2.24, 2.45) is 5.92 Å². The molecule has 0 bridgehead atoms. The quantitative estimate of drug-likeness (QED) is 0.440. The Morgan fingerprint density at radius 3 is 2.67 bits per heavy atom. The summed E-state index contributed by atoms with van der Waals surface area (Å²) in [6.07, 6.45) is 2.48. The molecule has 2 aromatic carbocycles. The third kappa shape index (κ3) is 5.81. The van der Waals surface area contributed by atoms with Crippen LogP contribution in [0.15, 0.2) is 65.4 Å². The lowest BCUT2D eigenvalue weighted by Gasteiger charge is -2.40. The first-order valence-corrected chi connectivity index (χ1v) is 12.4. The van der Waals surface area contributed by atoms with Gasteiger partial charge in [-0.3, -0.25) is 9.69 Å². The first kappa shape index (κ1) is 23.5. The number of carbonyl (C=O) groups is 1. The molecular weight excluding hydrogens is 435 g/mol. The van der Waals surface area contributed by atoms with Crippen LogP contribution in [-0.2, 0) is 13.0 Å². The van der Waals surface area contributed by atoms with Crippen LogP contribution in [0, 0.1) is 11.7 Å². The van der Waals surface area contributed by atoms with Gasteiger partial charge in [-0.25, -0.2) is 4.39 Å². The highest BCUT2D eigenvalue weighted by Gasteiger charge is 2.32. The van der Waals surface area contributed by atoms with E-state index in [0.29, 0.717) is 23.5 Å². The molecule has 1 saturated heterocycles. The van der Waals surface area contributed by atoms with Crippen molar-refractivity contribution < 1.29 is 13.9 Å². The number of methoxy groups -OCH3 is 1.